The minimum absolute atomic E-state index is 0.0142. The lowest BCUT2D eigenvalue weighted by molar-refractivity contribution is -0.147. The highest BCUT2D eigenvalue weighted by Crippen LogP contribution is 2.47. The second-order valence-corrected chi connectivity index (χ2v) is 15.1. The topological polar surface area (TPSA) is 97.7 Å². The largest absolute Gasteiger partial charge is 0.372 e. The lowest BCUT2D eigenvalue weighted by Gasteiger charge is -2.37. The minimum Gasteiger partial charge on any atom is -0.372 e. The third-order valence-electron chi connectivity index (χ3n) is 9.80. The number of ether oxygens (including phenoxy) is 1. The molecule has 3 fully saturated rings. The van der Waals surface area contributed by atoms with Crippen LogP contribution < -0.4 is 4.72 Å². The second-order valence-electron chi connectivity index (χ2n) is 13.2. The van der Waals surface area contributed by atoms with E-state index in [-0.39, 0.29) is 24.0 Å². The van der Waals surface area contributed by atoms with Crippen molar-refractivity contribution in [2.75, 3.05) is 13.1 Å². The minimum atomic E-state index is -3.67. The van der Waals surface area contributed by atoms with Gasteiger partial charge in [0, 0.05) is 41.7 Å². The highest BCUT2D eigenvalue weighted by atomic mass is 32.2. The average Bonchev–Trinajstić information content (AvgIpc) is 3.82. The van der Waals surface area contributed by atoms with Crippen molar-refractivity contribution < 1.29 is 22.7 Å². The Bertz CT molecular complexity index is 1680. The van der Waals surface area contributed by atoms with Crippen molar-refractivity contribution in [3.8, 4) is 11.3 Å². The predicted octanol–water partition coefficient (Wildman–Crippen LogP) is 5.39. The molecule has 0 bridgehead atoms. The molecule has 1 unspecified atom stereocenters. The van der Waals surface area contributed by atoms with Crippen molar-refractivity contribution in [3.63, 3.8) is 0 Å². The molecule has 0 radical (unpaired) electrons. The maximum Gasteiger partial charge on any atom is 0.264 e. The van der Waals surface area contributed by atoms with E-state index in [1.165, 1.54) is 30.4 Å². The molecule has 2 amide bonds. The first-order chi connectivity index (χ1) is 20.7. The standard InChI is InChI=1S/C34H41N3O5S/c1-21-18-36(19-22(2)42-21)34(39)26-16-24-10-6-7-11-28(24)32-31(23-8-4-3-5-9-23)29-15-12-25(17-30(29)37(32)20-26)33(38)35-43(40,41)27-13-14-27/h6-7,10-12,15,17,21-23,26-27H,3-5,8-9,13-14,16,18-20H2,1-2H3,(H,35,38)/t21-,22+,26?. The number of sulfonamides is 1. The van der Waals surface area contributed by atoms with Crippen LogP contribution in [-0.2, 0) is 32.5 Å². The molecule has 2 aliphatic heterocycles. The Morgan fingerprint density at radius 2 is 1.63 bits per heavy atom. The van der Waals surface area contributed by atoms with E-state index in [9.17, 15) is 18.0 Å². The van der Waals surface area contributed by atoms with E-state index in [4.69, 9.17) is 4.74 Å². The van der Waals surface area contributed by atoms with Gasteiger partial charge >= 0.3 is 0 Å². The van der Waals surface area contributed by atoms with Gasteiger partial charge in [-0.05, 0) is 75.1 Å². The Morgan fingerprint density at radius 3 is 2.35 bits per heavy atom. The summed E-state index contributed by atoms with van der Waals surface area (Å²) in [6.45, 7) is 5.68. The fourth-order valence-corrected chi connectivity index (χ4v) is 9.01. The van der Waals surface area contributed by atoms with E-state index in [0.29, 0.717) is 50.4 Å². The van der Waals surface area contributed by atoms with Gasteiger partial charge in [-0.3, -0.25) is 9.59 Å². The molecular formula is C34H41N3O5S. The van der Waals surface area contributed by atoms with Crippen LogP contribution in [0, 0.1) is 5.92 Å². The van der Waals surface area contributed by atoms with E-state index < -0.39 is 21.2 Å². The molecule has 7 rings (SSSR count). The molecule has 8 nitrogen and oxygen atoms in total. The zero-order chi connectivity index (χ0) is 29.9. The number of benzene rings is 2. The molecule has 0 spiro atoms. The average molecular weight is 604 g/mol. The van der Waals surface area contributed by atoms with Crippen LogP contribution in [0.25, 0.3) is 22.2 Å². The van der Waals surface area contributed by atoms with Crippen LogP contribution in [0.4, 0.5) is 0 Å². The zero-order valence-corrected chi connectivity index (χ0v) is 25.9. The van der Waals surface area contributed by atoms with Crippen molar-refractivity contribution in [2.24, 2.45) is 5.92 Å². The van der Waals surface area contributed by atoms with Crippen LogP contribution in [-0.4, -0.2) is 60.2 Å². The number of amides is 2. The van der Waals surface area contributed by atoms with Gasteiger partial charge in [-0.25, -0.2) is 13.1 Å². The molecule has 4 aliphatic rings. The summed E-state index contributed by atoms with van der Waals surface area (Å²) in [5.74, 6) is -0.345. The number of aromatic nitrogens is 1. The Morgan fingerprint density at radius 1 is 0.907 bits per heavy atom. The van der Waals surface area contributed by atoms with E-state index in [1.807, 2.05) is 30.9 Å². The Balaban J connectivity index is 1.36. The number of nitrogens with zero attached hydrogens (tertiary/aromatic N) is 2. The number of carbonyl (C=O) groups excluding carboxylic acids is 2. The lowest BCUT2D eigenvalue weighted by Crippen LogP contribution is -2.50. The first-order valence-electron chi connectivity index (χ1n) is 15.9. The van der Waals surface area contributed by atoms with Gasteiger partial charge in [-0.1, -0.05) is 49.6 Å². The summed E-state index contributed by atoms with van der Waals surface area (Å²) in [4.78, 5) is 29.4. The van der Waals surface area contributed by atoms with Crippen LogP contribution in [0.2, 0.25) is 0 Å². The molecule has 3 aromatic rings. The summed E-state index contributed by atoms with van der Waals surface area (Å²) in [5, 5.41) is 0.622. The number of fused-ring (bicyclic) bond motifs is 5. The molecule has 228 valence electrons. The van der Waals surface area contributed by atoms with Crippen molar-refractivity contribution in [3.05, 3.63) is 59.2 Å². The zero-order valence-electron chi connectivity index (χ0n) is 25.1. The molecule has 1 N–H and O–H groups in total. The molecule has 3 heterocycles. The molecule has 1 aromatic heterocycles. The Hall–Kier alpha value is -3.17. The van der Waals surface area contributed by atoms with Crippen molar-refractivity contribution >= 4 is 32.7 Å². The predicted molar refractivity (Wildman–Crippen MR) is 166 cm³/mol. The summed E-state index contributed by atoms with van der Waals surface area (Å²) in [6.07, 6.45) is 7.64. The quantitative estimate of drug-likeness (QED) is 0.422. The second kappa shape index (κ2) is 11.1. The number of hydrogen-bond donors (Lipinski definition) is 1. The van der Waals surface area contributed by atoms with Crippen molar-refractivity contribution in [1.29, 1.82) is 0 Å². The van der Waals surface area contributed by atoms with Gasteiger partial charge in [-0.2, -0.15) is 0 Å². The summed E-state index contributed by atoms with van der Waals surface area (Å²) in [6, 6.07) is 14.1. The van der Waals surface area contributed by atoms with E-state index in [1.54, 1.807) is 6.07 Å². The van der Waals surface area contributed by atoms with Crippen LogP contribution in [0.1, 0.15) is 86.2 Å². The summed E-state index contributed by atoms with van der Waals surface area (Å²) in [7, 11) is -3.67. The van der Waals surface area contributed by atoms with Gasteiger partial charge < -0.3 is 14.2 Å². The summed E-state index contributed by atoms with van der Waals surface area (Å²) in [5.41, 5.74) is 6.00. The Kier molecular flexibility index (Phi) is 7.37. The van der Waals surface area contributed by atoms with Crippen molar-refractivity contribution in [1.82, 2.24) is 14.2 Å². The molecule has 43 heavy (non-hydrogen) atoms. The number of carbonyl (C=O) groups is 2. The van der Waals surface area contributed by atoms with Crippen LogP contribution in [0.15, 0.2) is 42.5 Å². The number of nitrogens with one attached hydrogen (secondary N) is 1. The van der Waals surface area contributed by atoms with Gasteiger partial charge in [0.25, 0.3) is 5.91 Å². The summed E-state index contributed by atoms with van der Waals surface area (Å²) < 4.78 is 35.7. The van der Waals surface area contributed by atoms with Crippen molar-refractivity contribution in [2.45, 2.75) is 95.1 Å². The van der Waals surface area contributed by atoms with E-state index in [2.05, 4.69) is 33.6 Å². The summed E-state index contributed by atoms with van der Waals surface area (Å²) >= 11 is 0. The maximum absolute atomic E-state index is 14.2. The molecule has 9 heteroatoms. The first-order valence-corrected chi connectivity index (χ1v) is 17.5. The molecule has 2 aliphatic carbocycles. The molecular weight excluding hydrogens is 562 g/mol. The highest BCUT2D eigenvalue weighted by Gasteiger charge is 2.38. The fourth-order valence-electron chi connectivity index (χ4n) is 7.71. The van der Waals surface area contributed by atoms with Gasteiger partial charge in [0.2, 0.25) is 15.9 Å². The van der Waals surface area contributed by atoms with Crippen LogP contribution in [0.3, 0.4) is 0 Å². The normalized spacial score (nSPS) is 24.7. The third kappa shape index (κ3) is 5.39. The fraction of sp³-hybridized carbons (Fsp3) is 0.529. The van der Waals surface area contributed by atoms with Gasteiger partial charge in [0.05, 0.1) is 29.1 Å². The third-order valence-corrected chi connectivity index (χ3v) is 11.6. The van der Waals surface area contributed by atoms with Crippen LogP contribution >= 0.6 is 0 Å². The van der Waals surface area contributed by atoms with Gasteiger partial charge in [0.15, 0.2) is 0 Å². The molecule has 2 aromatic carbocycles. The van der Waals surface area contributed by atoms with Crippen LogP contribution in [0.5, 0.6) is 0 Å². The highest BCUT2D eigenvalue weighted by molar-refractivity contribution is 7.91. The van der Waals surface area contributed by atoms with E-state index in [0.717, 1.165) is 35.0 Å². The van der Waals surface area contributed by atoms with E-state index >= 15 is 0 Å². The van der Waals surface area contributed by atoms with Gasteiger partial charge in [0.1, 0.15) is 0 Å². The lowest BCUT2D eigenvalue weighted by atomic mass is 9.81. The smallest absolute Gasteiger partial charge is 0.264 e. The molecule has 2 saturated carbocycles. The SMILES string of the molecule is C[C@@H]1CN(C(=O)C2Cc3ccccc3-c3c(C4CCCCC4)c4ccc(C(=O)NS(=O)(=O)C5CC5)cc4n3C2)C[C@H](C)O1. The first kappa shape index (κ1) is 28.6. The monoisotopic (exact) mass is 603 g/mol. The van der Waals surface area contributed by atoms with Gasteiger partial charge in [-0.15, -0.1) is 0 Å². The number of morpholine rings is 1. The molecule has 1 saturated heterocycles. The number of hydrogen-bond acceptors (Lipinski definition) is 5. The number of rotatable bonds is 5. The Labute approximate surface area is 253 Å². The maximum atomic E-state index is 14.2. The molecule has 3 atom stereocenters.